The number of hydrogen-bond acceptors (Lipinski definition) is 7. The molecule has 1 aromatic carbocycles. The van der Waals surface area contributed by atoms with Crippen molar-refractivity contribution in [2.24, 2.45) is 0 Å². The van der Waals surface area contributed by atoms with Gasteiger partial charge in [-0.05, 0) is 18.6 Å². The molecule has 0 aliphatic heterocycles. The minimum absolute atomic E-state index is 0. The fourth-order valence-electron chi connectivity index (χ4n) is 2.78. The number of anilines is 1. The van der Waals surface area contributed by atoms with Crippen molar-refractivity contribution in [1.29, 1.82) is 0 Å². The average Bonchev–Trinajstić information content (AvgIpc) is 2.59. The van der Waals surface area contributed by atoms with Gasteiger partial charge in [0.2, 0.25) is 0 Å². The molecule has 0 amide bonds. The summed E-state index contributed by atoms with van der Waals surface area (Å²) in [5.74, 6) is -5.48. The van der Waals surface area contributed by atoms with Crippen molar-refractivity contribution in [3.05, 3.63) is 28.8 Å². The monoisotopic (exact) mass is 431 g/mol. The Bertz CT molecular complexity index is 620. The van der Waals surface area contributed by atoms with Crippen LogP contribution in [0.4, 0.5) is 5.69 Å². The van der Waals surface area contributed by atoms with Crippen molar-refractivity contribution in [3.63, 3.8) is 0 Å². The molecule has 10 heteroatoms. The molecule has 0 saturated heterocycles. The Labute approximate surface area is 238 Å². The number of unbranched alkanes of at least 4 members (excludes halogenated alkanes) is 7. The van der Waals surface area contributed by atoms with Gasteiger partial charge in [-0.1, -0.05) is 51.9 Å². The van der Waals surface area contributed by atoms with E-state index in [1.165, 1.54) is 32.1 Å². The third kappa shape index (κ3) is 12.8. The molecule has 0 bridgehead atoms. The molecular weight excluding hydrogens is 407 g/mol. The molecule has 0 saturated carbocycles. The maximum absolute atomic E-state index is 11.1. The maximum Gasteiger partial charge on any atom is 1.00 e. The van der Waals surface area contributed by atoms with Crippen LogP contribution >= 0.6 is 0 Å². The first kappa shape index (κ1) is 34.1. The van der Waals surface area contributed by atoms with Crippen LogP contribution in [0.2, 0.25) is 0 Å². The Balaban J connectivity index is -0.00000225. The Morgan fingerprint density at radius 2 is 1.14 bits per heavy atom. The molecule has 0 atom stereocenters. The van der Waals surface area contributed by atoms with Crippen LogP contribution in [-0.4, -0.2) is 24.5 Å². The smallest absolute Gasteiger partial charge is 0.545 e. The predicted molar refractivity (Wildman–Crippen MR) is 90.5 cm³/mol. The fraction of sp³-hybridized carbons (Fsp3) is 0.526. The van der Waals surface area contributed by atoms with Crippen molar-refractivity contribution >= 4 is 23.6 Å². The van der Waals surface area contributed by atoms with Crippen molar-refractivity contribution in [2.75, 3.05) is 11.9 Å². The molecule has 0 spiro atoms. The van der Waals surface area contributed by atoms with Gasteiger partial charge in [0.1, 0.15) is 0 Å². The Hall–Kier alpha value is 0.430. The number of nitrogens with one attached hydrogen (secondary N) is 1. The van der Waals surface area contributed by atoms with Gasteiger partial charge in [0.05, 0.1) is 17.9 Å². The summed E-state index contributed by atoms with van der Waals surface area (Å²) in [5, 5.41) is 36.3. The van der Waals surface area contributed by atoms with Crippen LogP contribution in [0.5, 0.6) is 0 Å². The molecule has 0 fully saturated rings. The van der Waals surface area contributed by atoms with Gasteiger partial charge in [-0.25, -0.2) is 0 Å². The second kappa shape index (κ2) is 19.1. The zero-order chi connectivity index (χ0) is 19.5. The largest absolute Gasteiger partial charge is 1.00 e. The first-order valence-electron chi connectivity index (χ1n) is 8.94. The Morgan fingerprint density at radius 1 is 0.724 bits per heavy atom. The van der Waals surface area contributed by atoms with Gasteiger partial charge in [0.25, 0.3) is 0 Å². The second-order valence-corrected chi connectivity index (χ2v) is 6.21. The Morgan fingerprint density at radius 3 is 1.52 bits per heavy atom. The summed E-state index contributed by atoms with van der Waals surface area (Å²) < 4.78 is 0. The van der Waals surface area contributed by atoms with Crippen LogP contribution in [0.1, 0.15) is 89.4 Å². The number of carboxylic acid groups (broad SMARTS) is 3. The van der Waals surface area contributed by atoms with Gasteiger partial charge in [0, 0.05) is 28.9 Å². The number of carbonyl (C=O) groups is 3. The second-order valence-electron chi connectivity index (χ2n) is 6.21. The summed E-state index contributed by atoms with van der Waals surface area (Å²) in [7, 11) is 0. The molecule has 0 aliphatic carbocycles. The number of benzene rings is 1. The number of carbonyl (C=O) groups excluding carboxylic acids is 3. The van der Waals surface area contributed by atoms with E-state index in [2.05, 4.69) is 12.2 Å². The number of aromatic carboxylic acids is 3. The van der Waals surface area contributed by atoms with E-state index in [9.17, 15) is 29.7 Å². The van der Waals surface area contributed by atoms with Gasteiger partial charge in [-0.2, -0.15) is 0 Å². The Kier molecular flexibility index (Phi) is 22.5. The van der Waals surface area contributed by atoms with Crippen molar-refractivity contribution < 1.29 is 118 Å². The SMILES string of the molecule is CCCCCCCCCCNc1cc(C(=O)[O-])c(C(=O)[O-])c(C(=O)[O-])c1.[Na+].[Na+].[Na+]. The summed E-state index contributed by atoms with van der Waals surface area (Å²) >= 11 is 0. The molecule has 0 heterocycles. The fourth-order valence-corrected chi connectivity index (χ4v) is 2.78. The summed E-state index contributed by atoms with van der Waals surface area (Å²) in [6, 6.07) is 2.08. The normalized spacial score (nSPS) is 9.41. The van der Waals surface area contributed by atoms with E-state index in [-0.39, 0.29) is 94.4 Å². The van der Waals surface area contributed by atoms with Crippen molar-refractivity contribution in [3.8, 4) is 0 Å². The first-order chi connectivity index (χ1) is 12.4. The molecule has 0 aliphatic rings. The zero-order valence-corrected chi connectivity index (χ0v) is 24.0. The standard InChI is InChI=1S/C19H27NO6.3Na/c1-2-3-4-5-6-7-8-9-10-20-13-11-14(17(21)22)16(19(25)26)15(12-13)18(23)24;;;/h11-12,20H,2-10H2,1H3,(H,21,22)(H,23,24)(H,25,26);;;/q;3*+1/p-3. The average molecular weight is 431 g/mol. The van der Waals surface area contributed by atoms with Gasteiger partial charge in [-0.3, -0.25) is 0 Å². The molecule has 1 aromatic rings. The van der Waals surface area contributed by atoms with E-state index in [0.29, 0.717) is 6.54 Å². The number of carboxylic acids is 3. The molecule has 0 radical (unpaired) electrons. The topological polar surface area (TPSA) is 132 Å². The quantitative estimate of drug-likeness (QED) is 0.242. The van der Waals surface area contributed by atoms with Crippen molar-refractivity contribution in [2.45, 2.75) is 58.3 Å². The molecular formula is C19H24NNa3O6. The summed E-state index contributed by atoms with van der Waals surface area (Å²) in [4.78, 5) is 33.3. The van der Waals surface area contributed by atoms with Crippen LogP contribution in [0.25, 0.3) is 0 Å². The van der Waals surface area contributed by atoms with E-state index in [4.69, 9.17) is 0 Å². The van der Waals surface area contributed by atoms with Crippen LogP contribution in [0.3, 0.4) is 0 Å². The molecule has 0 aromatic heterocycles. The third-order valence-corrected chi connectivity index (χ3v) is 4.14. The minimum atomic E-state index is -1.90. The van der Waals surface area contributed by atoms with Crippen LogP contribution in [0.15, 0.2) is 12.1 Å². The van der Waals surface area contributed by atoms with Gasteiger partial charge >= 0.3 is 88.7 Å². The summed E-state index contributed by atoms with van der Waals surface area (Å²) in [6.45, 7) is 2.68. The van der Waals surface area contributed by atoms with Gasteiger partial charge < -0.3 is 35.0 Å². The molecule has 1 rings (SSSR count). The van der Waals surface area contributed by atoms with E-state index in [0.717, 1.165) is 31.4 Å². The molecule has 144 valence electrons. The zero-order valence-electron chi connectivity index (χ0n) is 18.0. The molecule has 1 N–H and O–H groups in total. The summed E-state index contributed by atoms with van der Waals surface area (Å²) in [6.07, 6.45) is 9.03. The van der Waals surface area contributed by atoms with Crippen LogP contribution in [0, 0.1) is 0 Å². The van der Waals surface area contributed by atoms with Gasteiger partial charge in [0.15, 0.2) is 0 Å². The van der Waals surface area contributed by atoms with Crippen LogP contribution in [-0.2, 0) is 0 Å². The van der Waals surface area contributed by atoms with E-state index in [1.807, 2.05) is 0 Å². The van der Waals surface area contributed by atoms with E-state index < -0.39 is 34.6 Å². The molecule has 29 heavy (non-hydrogen) atoms. The predicted octanol–water partition coefficient (Wildman–Crippen LogP) is -8.66. The minimum Gasteiger partial charge on any atom is -0.545 e. The van der Waals surface area contributed by atoms with E-state index >= 15 is 0 Å². The third-order valence-electron chi connectivity index (χ3n) is 4.14. The number of hydrogen-bond donors (Lipinski definition) is 1. The first-order valence-corrected chi connectivity index (χ1v) is 8.94. The maximum atomic E-state index is 11.1. The summed E-state index contributed by atoms with van der Waals surface area (Å²) in [5.41, 5.74) is -2.24. The molecule has 0 unspecified atom stereocenters. The van der Waals surface area contributed by atoms with E-state index in [1.54, 1.807) is 0 Å². The van der Waals surface area contributed by atoms with Crippen molar-refractivity contribution in [1.82, 2.24) is 0 Å². The van der Waals surface area contributed by atoms with Crippen LogP contribution < -0.4 is 109 Å². The van der Waals surface area contributed by atoms with Gasteiger partial charge in [-0.15, -0.1) is 0 Å². The molecule has 7 nitrogen and oxygen atoms in total. The number of rotatable bonds is 13.